The van der Waals surface area contributed by atoms with Crippen LogP contribution in [0, 0.1) is 23.2 Å². The fourth-order valence-corrected chi connectivity index (χ4v) is 5.34. The van der Waals surface area contributed by atoms with E-state index in [1.54, 1.807) is 0 Å². The fourth-order valence-electron chi connectivity index (χ4n) is 5.34. The monoisotopic (exact) mass is 306 g/mol. The van der Waals surface area contributed by atoms with Crippen LogP contribution in [0.1, 0.15) is 52.9 Å². The number of esters is 1. The summed E-state index contributed by atoms with van der Waals surface area (Å²) in [4.78, 5) is 14.0. The molecule has 5 atom stereocenters. The Kier molecular flexibility index (Phi) is 4.37. The van der Waals surface area contributed by atoms with Crippen molar-refractivity contribution in [2.24, 2.45) is 23.2 Å². The average molecular weight is 306 g/mol. The third-order valence-corrected chi connectivity index (χ3v) is 6.83. The summed E-state index contributed by atoms with van der Waals surface area (Å²) in [5.41, 5.74) is 1.74. The highest BCUT2D eigenvalue weighted by Gasteiger charge is 2.55. The predicted octanol–water partition coefficient (Wildman–Crippen LogP) is 2.23. The van der Waals surface area contributed by atoms with E-state index in [4.69, 9.17) is 4.74 Å². The second-order valence-electron chi connectivity index (χ2n) is 8.07. The van der Waals surface area contributed by atoms with Crippen LogP contribution < -0.4 is 4.90 Å². The zero-order chi connectivity index (χ0) is 15.9. The van der Waals surface area contributed by atoms with Crippen LogP contribution >= 0.6 is 0 Å². The van der Waals surface area contributed by atoms with Gasteiger partial charge in [0, 0.05) is 5.92 Å². The van der Waals surface area contributed by atoms with Gasteiger partial charge in [-0.25, -0.2) is 0 Å². The molecule has 0 spiro atoms. The summed E-state index contributed by atoms with van der Waals surface area (Å²) < 4.78 is 5.84. The van der Waals surface area contributed by atoms with Gasteiger partial charge in [-0.15, -0.1) is 0 Å². The number of carbonyl (C=O) groups excluding carboxylic acids is 1. The summed E-state index contributed by atoms with van der Waals surface area (Å²) in [6, 6.07) is 0. The summed E-state index contributed by atoms with van der Waals surface area (Å²) >= 11 is 0. The topological polar surface area (TPSA) is 30.7 Å². The predicted molar refractivity (Wildman–Crippen MR) is 87.6 cm³/mol. The van der Waals surface area contributed by atoms with Gasteiger partial charge in [-0.1, -0.05) is 19.1 Å². The number of fused-ring (bicyclic) bond motifs is 2. The van der Waals surface area contributed by atoms with Crippen LogP contribution in [0.15, 0.2) is 12.2 Å². The van der Waals surface area contributed by atoms with Crippen LogP contribution in [0.5, 0.6) is 0 Å². The molecule has 1 saturated heterocycles. The highest BCUT2D eigenvalue weighted by molar-refractivity contribution is 5.75. The van der Waals surface area contributed by atoms with Crippen molar-refractivity contribution in [2.45, 2.75) is 59.0 Å². The highest BCUT2D eigenvalue weighted by atomic mass is 16.6. The molecule has 124 valence electrons. The summed E-state index contributed by atoms with van der Waals surface area (Å²) in [5, 5.41) is 0. The Morgan fingerprint density at radius 1 is 1.36 bits per heavy atom. The minimum absolute atomic E-state index is 0.0715. The van der Waals surface area contributed by atoms with Crippen molar-refractivity contribution in [3.05, 3.63) is 12.2 Å². The van der Waals surface area contributed by atoms with Gasteiger partial charge < -0.3 is 9.64 Å². The van der Waals surface area contributed by atoms with Crippen LogP contribution in [0.3, 0.4) is 0 Å². The van der Waals surface area contributed by atoms with Crippen LogP contribution in [0.4, 0.5) is 0 Å². The van der Waals surface area contributed by atoms with Crippen molar-refractivity contribution in [1.29, 1.82) is 0 Å². The Labute approximate surface area is 135 Å². The van der Waals surface area contributed by atoms with Gasteiger partial charge in [0.15, 0.2) is 0 Å². The minimum Gasteiger partial charge on any atom is -0.462 e. The Morgan fingerprint density at radius 2 is 2.09 bits per heavy atom. The number of hydrogen-bond acceptors (Lipinski definition) is 2. The molecule has 22 heavy (non-hydrogen) atoms. The Bertz CT molecular complexity index is 456. The number of hydrogen-bond donors (Lipinski definition) is 1. The Hall–Kier alpha value is -0.830. The second-order valence-corrected chi connectivity index (χ2v) is 8.07. The Morgan fingerprint density at radius 3 is 2.77 bits per heavy atom. The van der Waals surface area contributed by atoms with Crippen LogP contribution in [0.2, 0.25) is 0 Å². The van der Waals surface area contributed by atoms with Gasteiger partial charge >= 0.3 is 5.97 Å². The van der Waals surface area contributed by atoms with E-state index in [1.165, 1.54) is 29.7 Å². The molecule has 1 N–H and O–H groups in total. The zero-order valence-corrected chi connectivity index (χ0v) is 14.5. The van der Waals surface area contributed by atoms with E-state index in [2.05, 4.69) is 27.4 Å². The molecule has 0 aromatic carbocycles. The lowest BCUT2D eigenvalue weighted by atomic mass is 9.55. The van der Waals surface area contributed by atoms with E-state index >= 15 is 0 Å². The first kappa shape index (κ1) is 16.0. The molecule has 1 heterocycles. The first-order chi connectivity index (χ1) is 10.5. The molecule has 0 radical (unpaired) electrons. The van der Waals surface area contributed by atoms with Crippen molar-refractivity contribution >= 4 is 5.97 Å². The molecule has 0 aromatic heterocycles. The standard InChI is InChI=1S/C19H31NO2/c1-5-20(6-2)12-15-14-10-16-13(3)8-7-9-19(16,4)11-17(14)22-18(15)21/h14-17H,3,5-12H2,1-2,4H3/p+1/t14-,15-,16+,17-,19-/m1/s1. The van der Waals surface area contributed by atoms with Crippen molar-refractivity contribution < 1.29 is 14.4 Å². The fraction of sp³-hybridized carbons (Fsp3) is 0.842. The first-order valence-electron chi connectivity index (χ1n) is 9.20. The molecule has 0 aromatic rings. The quantitative estimate of drug-likeness (QED) is 0.638. The van der Waals surface area contributed by atoms with Gasteiger partial charge in [-0.05, 0) is 57.3 Å². The van der Waals surface area contributed by atoms with E-state index < -0.39 is 0 Å². The number of carbonyl (C=O) groups is 1. The van der Waals surface area contributed by atoms with Crippen LogP contribution in [-0.2, 0) is 9.53 Å². The van der Waals surface area contributed by atoms with E-state index in [0.717, 1.165) is 32.5 Å². The maximum atomic E-state index is 12.4. The molecular formula is C19H32NO2+. The summed E-state index contributed by atoms with van der Waals surface area (Å²) in [5.74, 6) is 1.21. The molecule has 3 aliphatic rings. The maximum Gasteiger partial charge on any atom is 0.315 e. The van der Waals surface area contributed by atoms with Gasteiger partial charge in [0.05, 0.1) is 19.6 Å². The maximum absolute atomic E-state index is 12.4. The third kappa shape index (κ3) is 2.62. The van der Waals surface area contributed by atoms with Crippen molar-refractivity contribution in [3.63, 3.8) is 0 Å². The molecule has 3 nitrogen and oxygen atoms in total. The molecular weight excluding hydrogens is 274 g/mol. The zero-order valence-electron chi connectivity index (χ0n) is 14.5. The number of quaternary nitrogens is 1. The number of nitrogens with one attached hydrogen (secondary N) is 1. The lowest BCUT2D eigenvalue weighted by molar-refractivity contribution is -0.899. The van der Waals surface area contributed by atoms with E-state index in [0.29, 0.717) is 17.3 Å². The van der Waals surface area contributed by atoms with Crippen LogP contribution in [-0.4, -0.2) is 31.7 Å². The van der Waals surface area contributed by atoms with Crippen molar-refractivity contribution in [2.75, 3.05) is 19.6 Å². The van der Waals surface area contributed by atoms with Gasteiger partial charge in [-0.2, -0.15) is 0 Å². The minimum atomic E-state index is 0.0715. The molecule has 1 aliphatic heterocycles. The average Bonchev–Trinajstić information content (AvgIpc) is 2.77. The number of allylic oxidation sites excluding steroid dienone is 1. The molecule has 0 amide bonds. The smallest absolute Gasteiger partial charge is 0.315 e. The molecule has 2 saturated carbocycles. The molecule has 0 bridgehead atoms. The molecule has 3 heteroatoms. The summed E-state index contributed by atoms with van der Waals surface area (Å²) in [7, 11) is 0. The van der Waals surface area contributed by atoms with Gasteiger partial charge in [0.2, 0.25) is 0 Å². The van der Waals surface area contributed by atoms with Gasteiger partial charge in [0.1, 0.15) is 12.0 Å². The first-order valence-corrected chi connectivity index (χ1v) is 9.20. The lowest BCUT2D eigenvalue weighted by Crippen LogP contribution is -3.12. The highest BCUT2D eigenvalue weighted by Crippen LogP contribution is 2.56. The van der Waals surface area contributed by atoms with E-state index in [9.17, 15) is 4.79 Å². The van der Waals surface area contributed by atoms with Gasteiger partial charge in [-0.3, -0.25) is 4.79 Å². The summed E-state index contributed by atoms with van der Waals surface area (Å²) in [6.07, 6.45) is 6.04. The van der Waals surface area contributed by atoms with Gasteiger partial charge in [0.25, 0.3) is 0 Å². The third-order valence-electron chi connectivity index (χ3n) is 6.83. The summed E-state index contributed by atoms with van der Waals surface area (Å²) in [6.45, 7) is 14.3. The largest absolute Gasteiger partial charge is 0.462 e. The molecule has 2 aliphatic carbocycles. The second kappa shape index (κ2) is 5.99. The number of rotatable bonds is 4. The number of ether oxygens (including phenoxy) is 1. The van der Waals surface area contributed by atoms with E-state index in [-0.39, 0.29) is 18.0 Å². The van der Waals surface area contributed by atoms with E-state index in [1.807, 2.05) is 0 Å². The molecule has 3 fully saturated rings. The Balaban J connectivity index is 1.78. The SMILES string of the molecule is C=C1CCC[C@]2(C)C[C@H]3OC(=O)[C@H](C[NH+](CC)CC)[C@H]3C[C@@H]12. The molecule has 3 rings (SSSR count). The molecule has 0 unspecified atom stereocenters. The normalized spacial score (nSPS) is 41.3. The lowest BCUT2D eigenvalue weighted by Gasteiger charge is -2.50. The van der Waals surface area contributed by atoms with Crippen molar-refractivity contribution in [3.8, 4) is 0 Å². The van der Waals surface area contributed by atoms with Crippen LogP contribution in [0.25, 0.3) is 0 Å². The van der Waals surface area contributed by atoms with Crippen molar-refractivity contribution in [1.82, 2.24) is 0 Å².